The summed E-state index contributed by atoms with van der Waals surface area (Å²) in [4.78, 5) is 24.1. The van der Waals surface area contributed by atoms with Crippen LogP contribution in [0.3, 0.4) is 0 Å². The maximum absolute atomic E-state index is 12.0. The van der Waals surface area contributed by atoms with Gasteiger partial charge in [0.2, 0.25) is 0 Å². The van der Waals surface area contributed by atoms with E-state index in [2.05, 4.69) is 5.32 Å². The van der Waals surface area contributed by atoms with Crippen molar-refractivity contribution >= 4 is 12.0 Å². The van der Waals surface area contributed by atoms with Crippen molar-refractivity contribution in [3.63, 3.8) is 0 Å². The van der Waals surface area contributed by atoms with Crippen molar-refractivity contribution in [3.05, 3.63) is 35.9 Å². The molecule has 0 unspecified atom stereocenters. The maximum atomic E-state index is 12.0. The second-order valence-corrected chi connectivity index (χ2v) is 4.86. The van der Waals surface area contributed by atoms with Crippen molar-refractivity contribution in [1.29, 1.82) is 0 Å². The Kier molecular flexibility index (Phi) is 4.39. The number of hydrogen-bond donors (Lipinski definition) is 2. The van der Waals surface area contributed by atoms with Gasteiger partial charge in [-0.25, -0.2) is 4.79 Å². The van der Waals surface area contributed by atoms with Crippen molar-refractivity contribution in [2.24, 2.45) is 5.92 Å². The topological polar surface area (TPSA) is 69.6 Å². The molecule has 1 aromatic rings. The number of hydrogen-bond acceptors (Lipinski definition) is 2. The van der Waals surface area contributed by atoms with Gasteiger partial charge in [0, 0.05) is 13.1 Å². The minimum atomic E-state index is -0.976. The molecule has 0 radical (unpaired) electrons. The minimum absolute atomic E-state index is 0.239. The van der Waals surface area contributed by atoms with Gasteiger partial charge in [0.15, 0.2) is 0 Å². The van der Waals surface area contributed by atoms with Crippen LogP contribution in [0.2, 0.25) is 0 Å². The van der Waals surface area contributed by atoms with Crippen LogP contribution in [0.1, 0.15) is 18.4 Å². The van der Waals surface area contributed by atoms with Crippen molar-refractivity contribution in [2.45, 2.75) is 19.4 Å². The molecule has 5 heteroatoms. The molecule has 1 saturated carbocycles. The molecule has 0 aromatic heterocycles. The summed E-state index contributed by atoms with van der Waals surface area (Å²) in [6.07, 6.45) is 2.17. The fourth-order valence-corrected chi connectivity index (χ4v) is 1.88. The van der Waals surface area contributed by atoms with Crippen LogP contribution in [0, 0.1) is 5.92 Å². The molecule has 1 aromatic carbocycles. The average Bonchev–Trinajstić information content (AvgIpc) is 3.20. The van der Waals surface area contributed by atoms with Crippen LogP contribution in [-0.2, 0) is 11.3 Å². The zero-order valence-corrected chi connectivity index (χ0v) is 10.7. The van der Waals surface area contributed by atoms with E-state index in [1.165, 1.54) is 4.90 Å². The molecule has 0 heterocycles. The van der Waals surface area contributed by atoms with Crippen LogP contribution in [-0.4, -0.2) is 35.1 Å². The van der Waals surface area contributed by atoms with Crippen LogP contribution in [0.15, 0.2) is 30.3 Å². The SMILES string of the molecule is O=C(O)CN(CC1CC1)C(=O)NCc1ccccc1. The lowest BCUT2D eigenvalue weighted by atomic mass is 10.2. The molecule has 1 aliphatic rings. The molecule has 0 saturated heterocycles. The number of nitrogens with zero attached hydrogens (tertiary/aromatic N) is 1. The van der Waals surface area contributed by atoms with Crippen LogP contribution in [0.5, 0.6) is 0 Å². The number of benzene rings is 1. The van der Waals surface area contributed by atoms with Crippen LogP contribution in [0.25, 0.3) is 0 Å². The molecule has 2 rings (SSSR count). The molecule has 0 spiro atoms. The molecule has 19 heavy (non-hydrogen) atoms. The Balaban J connectivity index is 1.85. The zero-order valence-electron chi connectivity index (χ0n) is 10.7. The Labute approximate surface area is 112 Å². The summed E-state index contributed by atoms with van der Waals surface area (Å²) in [5, 5.41) is 11.6. The van der Waals surface area contributed by atoms with Crippen molar-refractivity contribution in [2.75, 3.05) is 13.1 Å². The molecule has 0 aliphatic heterocycles. The smallest absolute Gasteiger partial charge is 0.323 e. The third-order valence-electron chi connectivity index (χ3n) is 3.08. The van der Waals surface area contributed by atoms with Gasteiger partial charge in [0.25, 0.3) is 0 Å². The van der Waals surface area contributed by atoms with E-state index in [9.17, 15) is 9.59 Å². The van der Waals surface area contributed by atoms with E-state index < -0.39 is 5.97 Å². The highest BCUT2D eigenvalue weighted by Gasteiger charge is 2.27. The predicted molar refractivity (Wildman–Crippen MR) is 70.6 cm³/mol. The summed E-state index contributed by atoms with van der Waals surface area (Å²) in [5.74, 6) is -0.502. The van der Waals surface area contributed by atoms with Crippen LogP contribution >= 0.6 is 0 Å². The molecule has 1 fully saturated rings. The number of nitrogens with one attached hydrogen (secondary N) is 1. The summed E-state index contributed by atoms with van der Waals surface area (Å²) in [6, 6.07) is 9.25. The highest BCUT2D eigenvalue weighted by molar-refractivity contribution is 5.80. The molecule has 0 bridgehead atoms. The summed E-state index contributed by atoms with van der Waals surface area (Å²) < 4.78 is 0. The lowest BCUT2D eigenvalue weighted by Crippen LogP contribution is -2.43. The minimum Gasteiger partial charge on any atom is -0.480 e. The van der Waals surface area contributed by atoms with Gasteiger partial charge in [0.1, 0.15) is 6.54 Å². The van der Waals surface area contributed by atoms with E-state index in [4.69, 9.17) is 5.11 Å². The van der Waals surface area contributed by atoms with E-state index in [0.29, 0.717) is 19.0 Å². The van der Waals surface area contributed by atoms with E-state index in [1.54, 1.807) is 0 Å². The zero-order chi connectivity index (χ0) is 13.7. The van der Waals surface area contributed by atoms with Gasteiger partial charge in [0.05, 0.1) is 0 Å². The number of rotatable bonds is 6. The highest BCUT2D eigenvalue weighted by atomic mass is 16.4. The first kappa shape index (κ1) is 13.4. The molecule has 2 amide bonds. The van der Waals surface area contributed by atoms with Gasteiger partial charge >= 0.3 is 12.0 Å². The number of carbonyl (C=O) groups is 2. The number of carboxylic acids is 1. The largest absolute Gasteiger partial charge is 0.480 e. The second-order valence-electron chi connectivity index (χ2n) is 4.86. The standard InChI is InChI=1S/C14H18N2O3/c17-13(18)10-16(9-12-6-7-12)14(19)15-8-11-4-2-1-3-5-11/h1-5,12H,6-10H2,(H,15,19)(H,17,18). The predicted octanol–water partition coefficient (Wildman–Crippen LogP) is 1.69. The first-order chi connectivity index (χ1) is 9.15. The van der Waals surface area contributed by atoms with Crippen molar-refractivity contribution < 1.29 is 14.7 Å². The van der Waals surface area contributed by atoms with Crippen molar-refractivity contribution in [1.82, 2.24) is 10.2 Å². The maximum Gasteiger partial charge on any atom is 0.323 e. The van der Waals surface area contributed by atoms with Gasteiger partial charge in [-0.3, -0.25) is 4.79 Å². The number of carboxylic acid groups (broad SMARTS) is 1. The Bertz CT molecular complexity index is 443. The van der Waals surface area contributed by atoms with E-state index >= 15 is 0 Å². The van der Waals surface area contributed by atoms with E-state index in [0.717, 1.165) is 18.4 Å². The van der Waals surface area contributed by atoms with Gasteiger partial charge in [-0.05, 0) is 24.3 Å². The molecule has 0 atom stereocenters. The van der Waals surface area contributed by atoms with E-state index in [-0.39, 0.29) is 12.6 Å². The Morgan fingerprint density at radius 1 is 1.26 bits per heavy atom. The fraction of sp³-hybridized carbons (Fsp3) is 0.429. The van der Waals surface area contributed by atoms with Crippen LogP contribution < -0.4 is 5.32 Å². The highest BCUT2D eigenvalue weighted by Crippen LogP contribution is 2.29. The second kappa shape index (κ2) is 6.22. The van der Waals surface area contributed by atoms with Gasteiger partial charge in [-0.1, -0.05) is 30.3 Å². The summed E-state index contributed by atoms with van der Waals surface area (Å²) >= 11 is 0. The summed E-state index contributed by atoms with van der Waals surface area (Å²) in [5.41, 5.74) is 0.998. The Morgan fingerprint density at radius 3 is 2.53 bits per heavy atom. The van der Waals surface area contributed by atoms with Crippen molar-refractivity contribution in [3.8, 4) is 0 Å². The molecular formula is C14H18N2O3. The Morgan fingerprint density at radius 2 is 1.95 bits per heavy atom. The third kappa shape index (κ3) is 4.62. The third-order valence-corrected chi connectivity index (χ3v) is 3.08. The van der Waals surface area contributed by atoms with Crippen LogP contribution in [0.4, 0.5) is 4.79 Å². The number of aliphatic carboxylic acids is 1. The summed E-state index contributed by atoms with van der Waals surface area (Å²) in [7, 11) is 0. The molecule has 2 N–H and O–H groups in total. The molecule has 5 nitrogen and oxygen atoms in total. The fourth-order valence-electron chi connectivity index (χ4n) is 1.88. The molecule has 102 valence electrons. The normalized spacial score (nSPS) is 13.9. The number of amides is 2. The molecular weight excluding hydrogens is 244 g/mol. The van der Waals surface area contributed by atoms with Gasteiger partial charge in [-0.15, -0.1) is 0 Å². The lowest BCUT2D eigenvalue weighted by molar-refractivity contribution is -0.137. The van der Waals surface area contributed by atoms with E-state index in [1.807, 2.05) is 30.3 Å². The van der Waals surface area contributed by atoms with Gasteiger partial charge < -0.3 is 15.3 Å². The Hall–Kier alpha value is -2.04. The number of urea groups is 1. The quantitative estimate of drug-likeness (QED) is 0.819. The lowest BCUT2D eigenvalue weighted by Gasteiger charge is -2.21. The first-order valence-corrected chi connectivity index (χ1v) is 6.43. The first-order valence-electron chi connectivity index (χ1n) is 6.43. The molecule has 1 aliphatic carbocycles. The van der Waals surface area contributed by atoms with Gasteiger partial charge in [-0.2, -0.15) is 0 Å². The average molecular weight is 262 g/mol. The number of carbonyl (C=O) groups excluding carboxylic acids is 1. The monoisotopic (exact) mass is 262 g/mol. The summed E-state index contributed by atoms with van der Waals surface area (Å²) in [6.45, 7) is 0.713.